The monoisotopic (exact) mass is 468 g/mol. The highest BCUT2D eigenvalue weighted by atomic mass is 16.5. The number of anilines is 1. The van der Waals surface area contributed by atoms with Crippen LogP contribution in [0.5, 0.6) is 5.75 Å². The Bertz CT molecular complexity index is 1230. The molecule has 178 valence electrons. The fourth-order valence-corrected chi connectivity index (χ4v) is 4.25. The van der Waals surface area contributed by atoms with Crippen LogP contribution in [0, 0.1) is 5.92 Å². The maximum absolute atomic E-state index is 12.9. The van der Waals surface area contributed by atoms with Crippen LogP contribution in [0.4, 0.5) is 5.69 Å². The van der Waals surface area contributed by atoms with Crippen molar-refractivity contribution in [2.45, 2.75) is 26.0 Å². The lowest BCUT2D eigenvalue weighted by atomic mass is 9.97. The molecule has 2 heterocycles. The topological polar surface area (TPSA) is 80.5 Å². The van der Waals surface area contributed by atoms with Crippen molar-refractivity contribution in [3.8, 4) is 17.1 Å². The van der Waals surface area contributed by atoms with Crippen LogP contribution in [0.15, 0.2) is 89.5 Å². The number of benzene rings is 3. The Kier molecular flexibility index (Phi) is 7.15. The van der Waals surface area contributed by atoms with E-state index in [2.05, 4.69) is 20.4 Å². The molecule has 7 heteroatoms. The largest absolute Gasteiger partial charge is 0.489 e. The van der Waals surface area contributed by atoms with Crippen molar-refractivity contribution in [1.29, 1.82) is 0 Å². The van der Waals surface area contributed by atoms with Gasteiger partial charge >= 0.3 is 0 Å². The van der Waals surface area contributed by atoms with Gasteiger partial charge in [-0.2, -0.15) is 4.98 Å². The van der Waals surface area contributed by atoms with Crippen LogP contribution in [-0.2, 0) is 17.9 Å². The third-order valence-corrected chi connectivity index (χ3v) is 6.11. The van der Waals surface area contributed by atoms with E-state index < -0.39 is 0 Å². The predicted molar refractivity (Wildman–Crippen MR) is 134 cm³/mol. The van der Waals surface area contributed by atoms with E-state index in [9.17, 15) is 4.79 Å². The van der Waals surface area contributed by atoms with E-state index in [4.69, 9.17) is 9.26 Å². The minimum absolute atomic E-state index is 0.0307. The van der Waals surface area contributed by atoms with Gasteiger partial charge in [0.05, 0.1) is 12.5 Å². The highest BCUT2D eigenvalue weighted by Crippen LogP contribution is 2.23. The maximum atomic E-state index is 12.9. The second-order valence-corrected chi connectivity index (χ2v) is 8.74. The van der Waals surface area contributed by atoms with Crippen molar-refractivity contribution in [2.24, 2.45) is 5.92 Å². The molecule has 3 aromatic carbocycles. The molecule has 35 heavy (non-hydrogen) atoms. The van der Waals surface area contributed by atoms with E-state index in [0.717, 1.165) is 42.0 Å². The Morgan fingerprint density at radius 1 is 1.00 bits per heavy atom. The van der Waals surface area contributed by atoms with E-state index in [0.29, 0.717) is 31.4 Å². The quantitative estimate of drug-likeness (QED) is 0.384. The molecule has 1 aliphatic rings. The molecule has 1 aromatic heterocycles. The fourth-order valence-electron chi connectivity index (χ4n) is 4.25. The Hall–Kier alpha value is -3.97. The van der Waals surface area contributed by atoms with Crippen LogP contribution >= 0.6 is 0 Å². The highest BCUT2D eigenvalue weighted by molar-refractivity contribution is 5.92. The molecule has 1 saturated heterocycles. The van der Waals surface area contributed by atoms with Crippen molar-refractivity contribution in [3.05, 3.63) is 96.4 Å². The van der Waals surface area contributed by atoms with E-state index in [-0.39, 0.29) is 11.8 Å². The molecule has 0 spiro atoms. The van der Waals surface area contributed by atoms with Crippen molar-refractivity contribution in [3.63, 3.8) is 0 Å². The molecule has 1 fully saturated rings. The SMILES string of the molecule is O=C(Nc1ccc(OCc2ccccc2)cc1)C1CCCN(Cc2nc(-c3ccccc3)no2)C1. The second kappa shape index (κ2) is 11.0. The first-order valence-electron chi connectivity index (χ1n) is 11.9. The molecule has 1 aliphatic heterocycles. The third-order valence-electron chi connectivity index (χ3n) is 6.11. The number of hydrogen-bond donors (Lipinski definition) is 1. The Labute approximate surface area is 204 Å². The van der Waals surface area contributed by atoms with E-state index in [1.807, 2.05) is 84.9 Å². The number of aromatic nitrogens is 2. The Morgan fingerprint density at radius 3 is 2.51 bits per heavy atom. The number of ether oxygens (including phenoxy) is 1. The van der Waals surface area contributed by atoms with Gasteiger partial charge in [0.25, 0.3) is 0 Å². The maximum Gasteiger partial charge on any atom is 0.241 e. The van der Waals surface area contributed by atoms with Crippen molar-refractivity contribution < 1.29 is 14.1 Å². The minimum atomic E-state index is -0.0886. The van der Waals surface area contributed by atoms with Crippen LogP contribution in [0.1, 0.15) is 24.3 Å². The summed E-state index contributed by atoms with van der Waals surface area (Å²) >= 11 is 0. The zero-order valence-corrected chi connectivity index (χ0v) is 19.5. The first kappa shape index (κ1) is 22.8. The van der Waals surface area contributed by atoms with Gasteiger partial charge in [-0.3, -0.25) is 9.69 Å². The smallest absolute Gasteiger partial charge is 0.241 e. The second-order valence-electron chi connectivity index (χ2n) is 8.74. The number of carbonyl (C=O) groups excluding carboxylic acids is 1. The zero-order chi connectivity index (χ0) is 23.9. The summed E-state index contributed by atoms with van der Waals surface area (Å²) in [6.45, 7) is 2.61. The lowest BCUT2D eigenvalue weighted by molar-refractivity contribution is -0.121. The zero-order valence-electron chi connectivity index (χ0n) is 19.5. The van der Waals surface area contributed by atoms with Crippen molar-refractivity contribution >= 4 is 11.6 Å². The van der Waals surface area contributed by atoms with Gasteiger partial charge in [-0.25, -0.2) is 0 Å². The van der Waals surface area contributed by atoms with Crippen molar-refractivity contribution in [1.82, 2.24) is 15.0 Å². The first-order valence-corrected chi connectivity index (χ1v) is 11.9. The summed E-state index contributed by atoms with van der Waals surface area (Å²) < 4.78 is 11.3. The third kappa shape index (κ3) is 6.13. The van der Waals surface area contributed by atoms with E-state index in [1.165, 1.54) is 0 Å². The van der Waals surface area contributed by atoms with Gasteiger partial charge in [-0.05, 0) is 49.2 Å². The molecule has 1 unspecified atom stereocenters. The van der Waals surface area contributed by atoms with Crippen LogP contribution in [0.2, 0.25) is 0 Å². The molecule has 1 amide bonds. The summed E-state index contributed by atoms with van der Waals surface area (Å²) in [5.74, 6) is 1.86. The van der Waals surface area contributed by atoms with Gasteiger partial charge in [0.2, 0.25) is 17.6 Å². The summed E-state index contributed by atoms with van der Waals surface area (Å²) in [6.07, 6.45) is 1.81. The average molecular weight is 469 g/mol. The van der Waals surface area contributed by atoms with Gasteiger partial charge in [0.15, 0.2) is 0 Å². The summed E-state index contributed by atoms with van der Waals surface area (Å²) in [4.78, 5) is 19.7. The normalized spacial score (nSPS) is 16.1. The van der Waals surface area contributed by atoms with E-state index >= 15 is 0 Å². The number of carbonyl (C=O) groups is 1. The number of likely N-dealkylation sites (tertiary alicyclic amines) is 1. The van der Waals surface area contributed by atoms with Crippen LogP contribution in [0.25, 0.3) is 11.4 Å². The lowest BCUT2D eigenvalue weighted by Crippen LogP contribution is -2.40. The number of piperidine rings is 1. The molecule has 0 radical (unpaired) electrons. The van der Waals surface area contributed by atoms with Gasteiger partial charge in [0, 0.05) is 17.8 Å². The molecule has 5 rings (SSSR count). The summed E-state index contributed by atoms with van der Waals surface area (Å²) in [6, 6.07) is 27.3. The standard InChI is InChI=1S/C28H28N4O3/c33-28(29-24-13-15-25(16-14-24)34-20-21-8-3-1-4-9-21)23-12-7-17-32(18-23)19-26-30-27(31-35-26)22-10-5-2-6-11-22/h1-6,8-11,13-16,23H,7,12,17-20H2,(H,29,33). The Morgan fingerprint density at radius 2 is 1.74 bits per heavy atom. The predicted octanol–water partition coefficient (Wildman–Crippen LogP) is 5.17. The molecule has 1 N–H and O–H groups in total. The van der Waals surface area contributed by atoms with Gasteiger partial charge < -0.3 is 14.6 Å². The molecule has 1 atom stereocenters. The highest BCUT2D eigenvalue weighted by Gasteiger charge is 2.27. The van der Waals surface area contributed by atoms with Gasteiger partial charge in [-0.15, -0.1) is 0 Å². The summed E-state index contributed by atoms with van der Waals surface area (Å²) in [5.41, 5.74) is 2.81. The first-order chi connectivity index (χ1) is 17.2. The fraction of sp³-hybridized carbons (Fsp3) is 0.250. The van der Waals surface area contributed by atoms with Crippen LogP contribution < -0.4 is 10.1 Å². The molecule has 4 aromatic rings. The number of nitrogens with one attached hydrogen (secondary N) is 1. The summed E-state index contributed by atoms with van der Waals surface area (Å²) in [7, 11) is 0. The van der Waals surface area contributed by atoms with Gasteiger partial charge in [-0.1, -0.05) is 65.8 Å². The molecule has 0 aliphatic carbocycles. The lowest BCUT2D eigenvalue weighted by Gasteiger charge is -2.30. The average Bonchev–Trinajstić information content (AvgIpc) is 3.38. The molecular weight excluding hydrogens is 440 g/mol. The Balaban J connectivity index is 1.12. The molecular formula is C28H28N4O3. The molecule has 0 bridgehead atoms. The number of hydrogen-bond acceptors (Lipinski definition) is 6. The molecule has 7 nitrogen and oxygen atoms in total. The number of nitrogens with zero attached hydrogens (tertiary/aromatic N) is 3. The molecule has 0 saturated carbocycles. The van der Waals surface area contributed by atoms with Gasteiger partial charge in [0.1, 0.15) is 12.4 Å². The minimum Gasteiger partial charge on any atom is -0.489 e. The van der Waals surface area contributed by atoms with Crippen LogP contribution in [0.3, 0.4) is 0 Å². The van der Waals surface area contributed by atoms with Crippen LogP contribution in [-0.4, -0.2) is 34.0 Å². The van der Waals surface area contributed by atoms with Crippen molar-refractivity contribution in [2.75, 3.05) is 18.4 Å². The number of rotatable bonds is 8. The number of amides is 1. The summed E-state index contributed by atoms with van der Waals surface area (Å²) in [5, 5.41) is 7.15. The van der Waals surface area contributed by atoms with E-state index in [1.54, 1.807) is 0 Å².